The number of aryl methyl sites for hydroxylation is 1. The molecule has 21 heavy (non-hydrogen) atoms. The second-order valence-corrected chi connectivity index (χ2v) is 5.31. The van der Waals surface area contributed by atoms with Crippen LogP contribution in [0.4, 0.5) is 0 Å². The lowest BCUT2D eigenvalue weighted by Gasteiger charge is -2.22. The summed E-state index contributed by atoms with van der Waals surface area (Å²) >= 11 is 0. The van der Waals surface area contributed by atoms with Gasteiger partial charge in [0.25, 0.3) is 0 Å². The summed E-state index contributed by atoms with van der Waals surface area (Å²) in [5.41, 5.74) is 2.12. The Morgan fingerprint density at radius 2 is 2.00 bits per heavy atom. The van der Waals surface area contributed by atoms with E-state index in [1.165, 1.54) is 0 Å². The van der Waals surface area contributed by atoms with Gasteiger partial charge in [0.2, 0.25) is 0 Å². The first-order chi connectivity index (χ1) is 10.2. The molecule has 2 atom stereocenters. The van der Waals surface area contributed by atoms with Crippen molar-refractivity contribution in [2.75, 3.05) is 6.61 Å². The van der Waals surface area contributed by atoms with Crippen molar-refractivity contribution >= 4 is 11.0 Å². The molecule has 2 unspecified atom stereocenters. The highest BCUT2D eigenvalue weighted by molar-refractivity contribution is 5.75. The molecule has 0 spiro atoms. The number of hydrogen-bond acceptors (Lipinski definition) is 3. The molecule has 0 saturated carbocycles. The molecular formula is C17H26N2O2. The number of aromatic nitrogens is 2. The minimum Gasteiger partial charge on any atom is -0.390 e. The fourth-order valence-corrected chi connectivity index (χ4v) is 2.84. The lowest BCUT2D eigenvalue weighted by Crippen LogP contribution is -2.31. The number of para-hydroxylation sites is 2. The average Bonchev–Trinajstić information content (AvgIpc) is 2.83. The Labute approximate surface area is 126 Å². The Kier molecular flexibility index (Phi) is 5.76. The summed E-state index contributed by atoms with van der Waals surface area (Å²) in [6.45, 7) is 7.67. The van der Waals surface area contributed by atoms with Crippen LogP contribution in [0.3, 0.4) is 0 Å². The van der Waals surface area contributed by atoms with E-state index < -0.39 is 6.10 Å². The van der Waals surface area contributed by atoms with E-state index >= 15 is 0 Å². The number of hydrogen-bond donors (Lipinski definition) is 1. The molecule has 0 saturated heterocycles. The summed E-state index contributed by atoms with van der Waals surface area (Å²) in [4.78, 5) is 4.67. The first-order valence-electron chi connectivity index (χ1n) is 7.95. The Morgan fingerprint density at radius 3 is 2.67 bits per heavy atom. The van der Waals surface area contributed by atoms with Crippen LogP contribution < -0.4 is 0 Å². The Balaban J connectivity index is 2.21. The van der Waals surface area contributed by atoms with E-state index in [4.69, 9.17) is 4.74 Å². The predicted octanol–water partition coefficient (Wildman–Crippen LogP) is 3.16. The molecule has 0 radical (unpaired) electrons. The minimum atomic E-state index is -0.507. The van der Waals surface area contributed by atoms with Crippen molar-refractivity contribution in [3.63, 3.8) is 0 Å². The van der Waals surface area contributed by atoms with Gasteiger partial charge in [-0.1, -0.05) is 25.5 Å². The first kappa shape index (κ1) is 16.0. The monoisotopic (exact) mass is 290 g/mol. The van der Waals surface area contributed by atoms with E-state index in [1.54, 1.807) is 0 Å². The van der Waals surface area contributed by atoms with Crippen LogP contribution >= 0.6 is 0 Å². The van der Waals surface area contributed by atoms with E-state index in [-0.39, 0.29) is 6.10 Å². The molecule has 0 bridgehead atoms. The van der Waals surface area contributed by atoms with Crippen molar-refractivity contribution in [2.24, 2.45) is 0 Å². The van der Waals surface area contributed by atoms with E-state index in [1.807, 2.05) is 25.1 Å². The number of benzene rings is 1. The second-order valence-electron chi connectivity index (χ2n) is 5.31. The third kappa shape index (κ3) is 3.63. The van der Waals surface area contributed by atoms with E-state index in [2.05, 4.69) is 29.5 Å². The van der Waals surface area contributed by atoms with Crippen molar-refractivity contribution in [2.45, 2.75) is 58.8 Å². The van der Waals surface area contributed by atoms with Crippen molar-refractivity contribution in [1.29, 1.82) is 0 Å². The molecule has 0 amide bonds. The van der Waals surface area contributed by atoms with Crippen LogP contribution in [0.25, 0.3) is 11.0 Å². The Hall–Kier alpha value is -1.39. The van der Waals surface area contributed by atoms with Crippen LogP contribution in [-0.4, -0.2) is 33.5 Å². The highest BCUT2D eigenvalue weighted by Crippen LogP contribution is 2.19. The molecule has 0 aliphatic rings. The van der Waals surface area contributed by atoms with Gasteiger partial charge in [0, 0.05) is 19.6 Å². The molecule has 1 heterocycles. The molecule has 0 aliphatic carbocycles. The zero-order valence-electron chi connectivity index (χ0n) is 13.2. The molecule has 1 aromatic heterocycles. The van der Waals surface area contributed by atoms with E-state index in [0.29, 0.717) is 13.0 Å². The number of aliphatic hydroxyl groups excluding tert-OH is 1. The maximum Gasteiger partial charge on any atom is 0.112 e. The summed E-state index contributed by atoms with van der Waals surface area (Å²) < 4.78 is 7.85. The Bertz CT molecular complexity index is 559. The molecule has 4 nitrogen and oxygen atoms in total. The summed E-state index contributed by atoms with van der Waals surface area (Å²) in [5, 5.41) is 10.5. The van der Waals surface area contributed by atoms with Gasteiger partial charge >= 0.3 is 0 Å². The standard InChI is InChI=1S/C17H26N2O2/c1-4-9-16(21-6-3)15(20)12-17-18-13-10-7-8-11-14(13)19(17)5-2/h7-8,10-11,15-16,20H,4-6,9,12H2,1-3H3. The van der Waals surface area contributed by atoms with Crippen LogP contribution in [0.2, 0.25) is 0 Å². The Morgan fingerprint density at radius 1 is 1.24 bits per heavy atom. The number of rotatable bonds is 8. The fraction of sp³-hybridized carbons (Fsp3) is 0.588. The summed E-state index contributed by atoms with van der Waals surface area (Å²) in [6.07, 6.45) is 1.80. The minimum absolute atomic E-state index is 0.106. The third-order valence-electron chi connectivity index (χ3n) is 3.82. The second kappa shape index (κ2) is 7.57. The first-order valence-corrected chi connectivity index (χ1v) is 7.95. The summed E-state index contributed by atoms with van der Waals surface area (Å²) in [7, 11) is 0. The van der Waals surface area contributed by atoms with Crippen molar-refractivity contribution in [3.05, 3.63) is 30.1 Å². The zero-order valence-corrected chi connectivity index (χ0v) is 13.2. The lowest BCUT2D eigenvalue weighted by molar-refractivity contribution is -0.0372. The van der Waals surface area contributed by atoms with Crippen LogP contribution in [0.15, 0.2) is 24.3 Å². The number of ether oxygens (including phenoxy) is 1. The molecule has 2 aromatic rings. The zero-order chi connectivity index (χ0) is 15.2. The molecule has 2 rings (SSSR count). The largest absolute Gasteiger partial charge is 0.390 e. The van der Waals surface area contributed by atoms with Crippen LogP contribution in [-0.2, 0) is 17.7 Å². The van der Waals surface area contributed by atoms with Gasteiger partial charge in [-0.25, -0.2) is 4.98 Å². The van der Waals surface area contributed by atoms with Gasteiger partial charge in [0.05, 0.1) is 23.2 Å². The molecular weight excluding hydrogens is 264 g/mol. The van der Waals surface area contributed by atoms with E-state index in [0.717, 1.165) is 36.2 Å². The molecule has 0 fully saturated rings. The van der Waals surface area contributed by atoms with Crippen molar-refractivity contribution in [1.82, 2.24) is 9.55 Å². The van der Waals surface area contributed by atoms with Crippen molar-refractivity contribution < 1.29 is 9.84 Å². The average molecular weight is 290 g/mol. The normalized spacial score (nSPS) is 14.5. The maximum absolute atomic E-state index is 10.5. The summed E-state index contributed by atoms with van der Waals surface area (Å²) in [5.74, 6) is 0.937. The van der Waals surface area contributed by atoms with Gasteiger partial charge in [0.1, 0.15) is 5.82 Å². The predicted molar refractivity (Wildman–Crippen MR) is 85.4 cm³/mol. The lowest BCUT2D eigenvalue weighted by atomic mass is 10.1. The highest BCUT2D eigenvalue weighted by atomic mass is 16.5. The molecule has 0 aliphatic heterocycles. The highest BCUT2D eigenvalue weighted by Gasteiger charge is 2.22. The third-order valence-corrected chi connectivity index (χ3v) is 3.82. The van der Waals surface area contributed by atoms with Crippen molar-refractivity contribution in [3.8, 4) is 0 Å². The van der Waals surface area contributed by atoms with Gasteiger partial charge in [-0.05, 0) is 32.4 Å². The number of nitrogens with zero attached hydrogens (tertiary/aromatic N) is 2. The molecule has 1 aromatic carbocycles. The maximum atomic E-state index is 10.5. The van der Waals surface area contributed by atoms with Gasteiger partial charge < -0.3 is 14.4 Å². The van der Waals surface area contributed by atoms with Gasteiger partial charge in [-0.2, -0.15) is 0 Å². The van der Waals surface area contributed by atoms with Crippen LogP contribution in [0.1, 0.15) is 39.4 Å². The SMILES string of the molecule is CCCC(OCC)C(O)Cc1nc2ccccc2n1CC. The van der Waals surface area contributed by atoms with Gasteiger partial charge in [-0.3, -0.25) is 0 Å². The topological polar surface area (TPSA) is 47.3 Å². The smallest absolute Gasteiger partial charge is 0.112 e. The quantitative estimate of drug-likeness (QED) is 0.812. The van der Waals surface area contributed by atoms with Crippen LogP contribution in [0.5, 0.6) is 0 Å². The van der Waals surface area contributed by atoms with E-state index in [9.17, 15) is 5.11 Å². The molecule has 116 valence electrons. The molecule has 1 N–H and O–H groups in total. The van der Waals surface area contributed by atoms with Gasteiger partial charge in [-0.15, -0.1) is 0 Å². The number of fused-ring (bicyclic) bond motifs is 1. The number of imidazole rings is 1. The fourth-order valence-electron chi connectivity index (χ4n) is 2.84. The summed E-state index contributed by atoms with van der Waals surface area (Å²) in [6, 6.07) is 8.11. The van der Waals surface area contributed by atoms with Gasteiger partial charge in [0.15, 0.2) is 0 Å². The van der Waals surface area contributed by atoms with Crippen LogP contribution in [0, 0.1) is 0 Å². The number of aliphatic hydroxyl groups is 1. The molecule has 4 heteroatoms.